The van der Waals surface area contributed by atoms with Gasteiger partial charge in [0.25, 0.3) is 0 Å². The van der Waals surface area contributed by atoms with Crippen molar-refractivity contribution in [3.63, 3.8) is 0 Å². The minimum atomic E-state index is -0.533. The molecule has 38 heavy (non-hydrogen) atoms. The third kappa shape index (κ3) is 6.90. The Kier molecular flexibility index (Phi) is 9.36. The zero-order valence-electron chi connectivity index (χ0n) is 22.3. The average molecular weight is 523 g/mol. The lowest BCUT2D eigenvalue weighted by atomic mass is 9.89. The maximum absolute atomic E-state index is 13.7. The Bertz CT molecular complexity index is 1110. The fraction of sp³-hybridized carbons (Fsp3) is 0.483. The predicted molar refractivity (Wildman–Crippen MR) is 145 cm³/mol. The van der Waals surface area contributed by atoms with E-state index in [-0.39, 0.29) is 23.9 Å². The van der Waals surface area contributed by atoms with Crippen molar-refractivity contribution in [2.45, 2.75) is 45.2 Å². The molecule has 2 saturated heterocycles. The van der Waals surface area contributed by atoms with Gasteiger partial charge in [-0.25, -0.2) is 9.59 Å². The molecule has 0 radical (unpaired) electrons. The largest absolute Gasteiger partial charge is 0.388 e. The highest BCUT2D eigenvalue weighted by atomic mass is 16.5. The quantitative estimate of drug-likeness (QED) is 0.541. The second-order valence-corrected chi connectivity index (χ2v) is 10.2. The van der Waals surface area contributed by atoms with E-state index >= 15 is 0 Å². The van der Waals surface area contributed by atoms with Crippen molar-refractivity contribution in [3.8, 4) is 0 Å². The van der Waals surface area contributed by atoms with Gasteiger partial charge < -0.3 is 25.0 Å². The van der Waals surface area contributed by atoms with Crippen LogP contribution in [0.25, 0.3) is 0 Å². The van der Waals surface area contributed by atoms with Crippen LogP contribution >= 0.6 is 0 Å². The number of urea groups is 2. The Morgan fingerprint density at radius 3 is 2.32 bits per heavy atom. The summed E-state index contributed by atoms with van der Waals surface area (Å²) in [6.45, 7) is 7.24. The molecule has 4 rings (SSSR count). The van der Waals surface area contributed by atoms with Gasteiger partial charge in [0.2, 0.25) is 0 Å². The number of piperidine rings is 1. The molecule has 4 amide bonds. The van der Waals surface area contributed by atoms with E-state index in [4.69, 9.17) is 9.84 Å². The standard InChI is InChI=1S/C29H38N4O5/c1-21(2)30-28(36)31-12-10-23(11-13-31)25-4-3-5-26(18-25)33(29(37)32-14-16-38-17-15-32)19-22-6-8-24(9-7-22)27(35)20-34/h3-9,18,21,23,34H,10-17,19-20H2,1-2H3,(H,30,36). The van der Waals surface area contributed by atoms with E-state index in [0.717, 1.165) is 29.7 Å². The molecule has 0 aliphatic carbocycles. The highest BCUT2D eigenvalue weighted by Gasteiger charge is 2.27. The third-order valence-electron chi connectivity index (χ3n) is 7.12. The first-order valence-corrected chi connectivity index (χ1v) is 13.4. The van der Waals surface area contributed by atoms with Crippen molar-refractivity contribution in [2.75, 3.05) is 50.9 Å². The van der Waals surface area contributed by atoms with E-state index in [1.165, 1.54) is 0 Å². The normalized spacial score (nSPS) is 16.4. The van der Waals surface area contributed by atoms with E-state index in [1.54, 1.807) is 17.0 Å². The monoisotopic (exact) mass is 522 g/mol. The Balaban J connectivity index is 1.52. The number of carbonyl (C=O) groups excluding carboxylic acids is 3. The van der Waals surface area contributed by atoms with Gasteiger partial charge in [0.1, 0.15) is 6.61 Å². The summed E-state index contributed by atoms with van der Waals surface area (Å²) in [6.07, 6.45) is 1.74. The van der Waals surface area contributed by atoms with E-state index in [2.05, 4.69) is 17.4 Å². The average Bonchev–Trinajstić information content (AvgIpc) is 2.95. The molecule has 2 fully saturated rings. The topological polar surface area (TPSA) is 102 Å². The molecule has 9 nitrogen and oxygen atoms in total. The SMILES string of the molecule is CC(C)NC(=O)N1CCC(c2cccc(N(Cc3ccc(C(=O)CO)cc3)C(=O)N3CCOCC3)c2)CC1. The van der Waals surface area contributed by atoms with Crippen LogP contribution in [0, 0.1) is 0 Å². The van der Waals surface area contributed by atoms with Gasteiger partial charge in [-0.1, -0.05) is 36.4 Å². The molecule has 0 bridgehead atoms. The lowest BCUT2D eigenvalue weighted by Gasteiger charge is -2.34. The van der Waals surface area contributed by atoms with Crippen molar-refractivity contribution in [1.82, 2.24) is 15.1 Å². The van der Waals surface area contributed by atoms with Gasteiger partial charge in [-0.15, -0.1) is 0 Å². The van der Waals surface area contributed by atoms with Crippen LogP contribution in [0.3, 0.4) is 0 Å². The highest BCUT2D eigenvalue weighted by Crippen LogP contribution is 2.31. The maximum Gasteiger partial charge on any atom is 0.324 e. The van der Waals surface area contributed by atoms with Gasteiger partial charge in [-0.3, -0.25) is 9.69 Å². The summed E-state index contributed by atoms with van der Waals surface area (Å²) in [6, 6.07) is 15.2. The second-order valence-electron chi connectivity index (χ2n) is 10.2. The minimum absolute atomic E-state index is 0.0128. The number of Topliss-reactive ketones (excluding diaryl/α,β-unsaturated/α-hetero) is 1. The zero-order valence-corrected chi connectivity index (χ0v) is 22.3. The molecule has 2 N–H and O–H groups in total. The molecule has 2 aliphatic rings. The van der Waals surface area contributed by atoms with Crippen molar-refractivity contribution in [1.29, 1.82) is 0 Å². The van der Waals surface area contributed by atoms with Crippen LogP contribution in [0.5, 0.6) is 0 Å². The fourth-order valence-electron chi connectivity index (χ4n) is 4.97. The van der Waals surface area contributed by atoms with Crippen LogP contribution in [-0.2, 0) is 11.3 Å². The highest BCUT2D eigenvalue weighted by molar-refractivity contribution is 5.97. The summed E-state index contributed by atoms with van der Waals surface area (Å²) in [5, 5.41) is 12.1. The van der Waals surface area contributed by atoms with E-state index in [9.17, 15) is 14.4 Å². The number of amides is 4. The molecule has 2 aromatic carbocycles. The van der Waals surface area contributed by atoms with Gasteiger partial charge in [0.05, 0.1) is 19.8 Å². The van der Waals surface area contributed by atoms with Gasteiger partial charge in [-0.2, -0.15) is 0 Å². The zero-order chi connectivity index (χ0) is 27.1. The lowest BCUT2D eigenvalue weighted by molar-refractivity contribution is 0.0548. The number of hydrogen-bond donors (Lipinski definition) is 2. The fourth-order valence-corrected chi connectivity index (χ4v) is 4.97. The number of aliphatic hydroxyl groups excluding tert-OH is 1. The van der Waals surface area contributed by atoms with Gasteiger partial charge in [-0.05, 0) is 55.9 Å². The Labute approximate surface area is 224 Å². The molecular formula is C29H38N4O5. The van der Waals surface area contributed by atoms with Gasteiger partial charge in [0.15, 0.2) is 5.78 Å². The Morgan fingerprint density at radius 2 is 1.68 bits per heavy atom. The number of nitrogens with one attached hydrogen (secondary N) is 1. The van der Waals surface area contributed by atoms with Crippen LogP contribution < -0.4 is 10.2 Å². The number of rotatable bonds is 7. The molecule has 0 aromatic heterocycles. The number of hydrogen-bond acceptors (Lipinski definition) is 5. The summed E-state index contributed by atoms with van der Waals surface area (Å²) in [5.41, 5.74) is 3.30. The molecule has 0 unspecified atom stereocenters. The van der Waals surface area contributed by atoms with Crippen LogP contribution in [0.4, 0.5) is 15.3 Å². The number of morpholine rings is 1. The summed E-state index contributed by atoms with van der Waals surface area (Å²) in [5.74, 6) is -0.0274. The van der Waals surface area contributed by atoms with Gasteiger partial charge in [0, 0.05) is 43.5 Å². The van der Waals surface area contributed by atoms with Crippen LogP contribution in [0.15, 0.2) is 48.5 Å². The Morgan fingerprint density at radius 1 is 1.00 bits per heavy atom. The summed E-state index contributed by atoms with van der Waals surface area (Å²) in [4.78, 5) is 43.4. The minimum Gasteiger partial charge on any atom is -0.388 e. The first-order chi connectivity index (χ1) is 18.4. The summed E-state index contributed by atoms with van der Waals surface area (Å²) < 4.78 is 5.45. The number of anilines is 1. The molecule has 0 spiro atoms. The van der Waals surface area contributed by atoms with Gasteiger partial charge >= 0.3 is 12.1 Å². The number of nitrogens with zero attached hydrogens (tertiary/aromatic N) is 3. The van der Waals surface area contributed by atoms with E-state index in [1.807, 2.05) is 47.9 Å². The van der Waals surface area contributed by atoms with E-state index < -0.39 is 6.61 Å². The summed E-state index contributed by atoms with van der Waals surface area (Å²) >= 11 is 0. The number of benzene rings is 2. The molecule has 204 valence electrons. The Hall–Kier alpha value is -3.43. The first-order valence-electron chi connectivity index (χ1n) is 13.4. The maximum atomic E-state index is 13.7. The molecule has 0 saturated carbocycles. The molecule has 0 atom stereocenters. The number of likely N-dealkylation sites (tertiary alicyclic amines) is 1. The number of carbonyl (C=O) groups is 3. The summed E-state index contributed by atoms with van der Waals surface area (Å²) in [7, 11) is 0. The molecular weight excluding hydrogens is 484 g/mol. The number of ketones is 1. The first kappa shape index (κ1) is 27.6. The van der Waals surface area contributed by atoms with Crippen LogP contribution in [0.2, 0.25) is 0 Å². The molecule has 2 heterocycles. The smallest absolute Gasteiger partial charge is 0.324 e. The van der Waals surface area contributed by atoms with Crippen LogP contribution in [0.1, 0.15) is 54.1 Å². The van der Waals surface area contributed by atoms with Crippen LogP contribution in [-0.4, -0.2) is 84.8 Å². The van der Waals surface area contributed by atoms with E-state index in [0.29, 0.717) is 57.4 Å². The molecule has 2 aliphatic heterocycles. The molecule has 2 aromatic rings. The molecule has 9 heteroatoms. The lowest BCUT2D eigenvalue weighted by Crippen LogP contribution is -2.48. The third-order valence-corrected chi connectivity index (χ3v) is 7.12. The predicted octanol–water partition coefficient (Wildman–Crippen LogP) is 3.62. The number of ether oxygens (including phenoxy) is 1. The van der Waals surface area contributed by atoms with Crippen molar-refractivity contribution in [2.24, 2.45) is 0 Å². The second kappa shape index (κ2) is 12.9. The van der Waals surface area contributed by atoms with Crippen molar-refractivity contribution >= 4 is 23.5 Å². The number of aliphatic hydroxyl groups is 1. The van der Waals surface area contributed by atoms with Crippen molar-refractivity contribution in [3.05, 3.63) is 65.2 Å². The van der Waals surface area contributed by atoms with Crippen molar-refractivity contribution < 1.29 is 24.2 Å².